The number of nitrogen functional groups attached to an aromatic ring is 1. The van der Waals surface area contributed by atoms with Gasteiger partial charge in [0.1, 0.15) is 5.82 Å². The molecule has 1 heterocycles. The molecule has 0 aliphatic rings. The number of halogens is 1. The van der Waals surface area contributed by atoms with E-state index in [1.54, 1.807) is 6.33 Å². The van der Waals surface area contributed by atoms with Crippen molar-refractivity contribution in [3.63, 3.8) is 0 Å². The summed E-state index contributed by atoms with van der Waals surface area (Å²) >= 11 is 0. The van der Waals surface area contributed by atoms with E-state index in [1.807, 2.05) is 10.8 Å². The summed E-state index contributed by atoms with van der Waals surface area (Å²) in [6.45, 7) is 6.32. The third-order valence-corrected chi connectivity index (χ3v) is 1.38. The van der Waals surface area contributed by atoms with Gasteiger partial charge in [0.05, 0.1) is 6.33 Å². The van der Waals surface area contributed by atoms with Crippen LogP contribution in [0.15, 0.2) is 12.5 Å². The average Bonchev–Trinajstić information content (AvgIpc) is 2.11. The van der Waals surface area contributed by atoms with Gasteiger partial charge < -0.3 is 10.3 Å². The first-order valence-electron chi connectivity index (χ1n) is 3.30. The largest absolute Gasteiger partial charge is 0.382 e. The van der Waals surface area contributed by atoms with Gasteiger partial charge in [-0.2, -0.15) is 0 Å². The first-order valence-corrected chi connectivity index (χ1v) is 3.30. The molecule has 64 valence electrons. The van der Waals surface area contributed by atoms with Crippen molar-refractivity contribution < 1.29 is 0 Å². The van der Waals surface area contributed by atoms with E-state index in [0.29, 0.717) is 5.82 Å². The summed E-state index contributed by atoms with van der Waals surface area (Å²) in [5.74, 6) is 0.579. The number of aromatic nitrogens is 2. The Bertz CT molecular complexity index is 224. The maximum Gasteiger partial charge on any atom is 0.141 e. The van der Waals surface area contributed by atoms with Gasteiger partial charge in [-0.05, 0) is 20.8 Å². The fraction of sp³-hybridized carbons (Fsp3) is 0.571. The zero-order chi connectivity index (χ0) is 7.78. The van der Waals surface area contributed by atoms with Crippen molar-refractivity contribution in [3.05, 3.63) is 12.5 Å². The SMILES string of the molecule is CC(C)(C)n1cnc(N)c1.Cl. The molecular weight excluding hydrogens is 162 g/mol. The molecule has 1 aromatic heterocycles. The summed E-state index contributed by atoms with van der Waals surface area (Å²) in [6.07, 6.45) is 3.58. The van der Waals surface area contributed by atoms with E-state index in [1.165, 1.54) is 0 Å². The van der Waals surface area contributed by atoms with Crippen LogP contribution in [0.4, 0.5) is 5.82 Å². The van der Waals surface area contributed by atoms with E-state index in [4.69, 9.17) is 5.73 Å². The van der Waals surface area contributed by atoms with Gasteiger partial charge in [-0.1, -0.05) is 0 Å². The first kappa shape index (κ1) is 10.3. The molecule has 0 aliphatic carbocycles. The monoisotopic (exact) mass is 175 g/mol. The molecule has 0 aliphatic heterocycles. The van der Waals surface area contributed by atoms with Gasteiger partial charge in [-0.15, -0.1) is 12.4 Å². The fourth-order valence-electron chi connectivity index (χ4n) is 0.705. The number of hydrogen-bond donors (Lipinski definition) is 1. The molecule has 1 aromatic rings. The van der Waals surface area contributed by atoms with Crippen molar-refractivity contribution in [2.24, 2.45) is 0 Å². The minimum absolute atomic E-state index is 0. The Morgan fingerprint density at radius 1 is 1.45 bits per heavy atom. The number of hydrogen-bond acceptors (Lipinski definition) is 2. The van der Waals surface area contributed by atoms with Crippen molar-refractivity contribution in [1.82, 2.24) is 9.55 Å². The Labute approximate surface area is 73.0 Å². The molecule has 3 nitrogen and oxygen atoms in total. The van der Waals surface area contributed by atoms with Gasteiger partial charge in [0.15, 0.2) is 0 Å². The van der Waals surface area contributed by atoms with Crippen LogP contribution in [0.5, 0.6) is 0 Å². The van der Waals surface area contributed by atoms with E-state index in [2.05, 4.69) is 25.8 Å². The molecule has 0 bridgehead atoms. The second kappa shape index (κ2) is 3.13. The van der Waals surface area contributed by atoms with Crippen molar-refractivity contribution in [2.45, 2.75) is 26.3 Å². The zero-order valence-corrected chi connectivity index (χ0v) is 7.85. The lowest BCUT2D eigenvalue weighted by Gasteiger charge is -2.19. The Kier molecular flexibility index (Phi) is 2.93. The summed E-state index contributed by atoms with van der Waals surface area (Å²) in [5.41, 5.74) is 5.53. The van der Waals surface area contributed by atoms with Gasteiger partial charge in [-0.3, -0.25) is 0 Å². The van der Waals surface area contributed by atoms with Gasteiger partial charge in [0.25, 0.3) is 0 Å². The summed E-state index contributed by atoms with van der Waals surface area (Å²) in [4.78, 5) is 3.92. The van der Waals surface area contributed by atoms with Gasteiger partial charge >= 0.3 is 0 Å². The smallest absolute Gasteiger partial charge is 0.141 e. The van der Waals surface area contributed by atoms with Crippen molar-refractivity contribution >= 4 is 18.2 Å². The van der Waals surface area contributed by atoms with Gasteiger partial charge in [-0.25, -0.2) is 4.98 Å². The normalized spacial score (nSPS) is 10.8. The average molecular weight is 176 g/mol. The first-order chi connectivity index (χ1) is 4.50. The zero-order valence-electron chi connectivity index (χ0n) is 7.03. The molecule has 1 rings (SSSR count). The topological polar surface area (TPSA) is 43.8 Å². The van der Waals surface area contributed by atoms with E-state index < -0.39 is 0 Å². The van der Waals surface area contributed by atoms with Crippen LogP contribution in [0.1, 0.15) is 20.8 Å². The van der Waals surface area contributed by atoms with Crippen LogP contribution in [0, 0.1) is 0 Å². The molecule has 0 spiro atoms. The Balaban J connectivity index is 0.000001000. The van der Waals surface area contributed by atoms with E-state index in [-0.39, 0.29) is 17.9 Å². The van der Waals surface area contributed by atoms with Crippen molar-refractivity contribution in [3.8, 4) is 0 Å². The van der Waals surface area contributed by atoms with Crippen LogP contribution in [0.2, 0.25) is 0 Å². The molecule has 0 fully saturated rings. The lowest BCUT2D eigenvalue weighted by molar-refractivity contribution is 0.396. The second-order valence-electron chi connectivity index (χ2n) is 3.38. The summed E-state index contributed by atoms with van der Waals surface area (Å²) in [7, 11) is 0. The van der Waals surface area contributed by atoms with Crippen LogP contribution in [0.3, 0.4) is 0 Å². The minimum Gasteiger partial charge on any atom is -0.382 e. The molecule has 0 amide bonds. The molecule has 0 saturated heterocycles. The van der Waals surface area contributed by atoms with Crippen LogP contribution in [-0.2, 0) is 5.54 Å². The fourth-order valence-corrected chi connectivity index (χ4v) is 0.705. The quantitative estimate of drug-likeness (QED) is 0.652. The molecule has 0 atom stereocenters. The molecule has 4 heteroatoms. The van der Waals surface area contributed by atoms with Crippen LogP contribution in [0.25, 0.3) is 0 Å². The summed E-state index contributed by atoms with van der Waals surface area (Å²) < 4.78 is 1.99. The highest BCUT2D eigenvalue weighted by atomic mass is 35.5. The molecule has 11 heavy (non-hydrogen) atoms. The van der Waals surface area contributed by atoms with Gasteiger partial charge in [0, 0.05) is 11.7 Å². The lowest BCUT2D eigenvalue weighted by Crippen LogP contribution is -2.19. The van der Waals surface area contributed by atoms with E-state index in [0.717, 1.165) is 0 Å². The Morgan fingerprint density at radius 2 is 2.00 bits per heavy atom. The van der Waals surface area contributed by atoms with Crippen molar-refractivity contribution in [2.75, 3.05) is 5.73 Å². The van der Waals surface area contributed by atoms with Crippen LogP contribution in [-0.4, -0.2) is 9.55 Å². The Morgan fingerprint density at radius 3 is 2.18 bits per heavy atom. The number of rotatable bonds is 0. The molecule has 0 saturated carbocycles. The standard InChI is InChI=1S/C7H13N3.ClH/c1-7(2,3)10-4-6(8)9-5-10;/h4-5H,8H2,1-3H3;1H. The molecular formula is C7H14ClN3. The summed E-state index contributed by atoms with van der Waals surface area (Å²) in [6, 6.07) is 0. The third kappa shape index (κ3) is 2.42. The third-order valence-electron chi connectivity index (χ3n) is 1.38. The number of imidazole rings is 1. The molecule has 0 aromatic carbocycles. The number of nitrogens with two attached hydrogens (primary N) is 1. The maximum atomic E-state index is 5.44. The predicted octanol–water partition coefficient (Wildman–Crippen LogP) is 1.64. The predicted molar refractivity (Wildman–Crippen MR) is 48.9 cm³/mol. The second-order valence-corrected chi connectivity index (χ2v) is 3.38. The number of anilines is 1. The van der Waals surface area contributed by atoms with E-state index >= 15 is 0 Å². The molecule has 0 unspecified atom stereocenters. The highest BCUT2D eigenvalue weighted by molar-refractivity contribution is 5.85. The highest BCUT2D eigenvalue weighted by Crippen LogP contribution is 2.13. The van der Waals surface area contributed by atoms with Crippen LogP contribution < -0.4 is 5.73 Å². The highest BCUT2D eigenvalue weighted by Gasteiger charge is 2.11. The van der Waals surface area contributed by atoms with Crippen molar-refractivity contribution in [1.29, 1.82) is 0 Å². The molecule has 0 radical (unpaired) electrons. The maximum absolute atomic E-state index is 5.44. The summed E-state index contributed by atoms with van der Waals surface area (Å²) in [5, 5.41) is 0. The van der Waals surface area contributed by atoms with Gasteiger partial charge in [0.2, 0.25) is 0 Å². The Hall–Kier alpha value is -0.700. The number of nitrogens with zero attached hydrogens (tertiary/aromatic N) is 2. The van der Waals surface area contributed by atoms with Crippen LogP contribution >= 0.6 is 12.4 Å². The molecule has 2 N–H and O–H groups in total. The lowest BCUT2D eigenvalue weighted by atomic mass is 10.1. The van der Waals surface area contributed by atoms with E-state index in [9.17, 15) is 0 Å². The minimum atomic E-state index is 0.